The highest BCUT2D eigenvalue weighted by Gasteiger charge is 2.08. The van der Waals surface area contributed by atoms with Crippen molar-refractivity contribution in [2.75, 3.05) is 7.11 Å². The summed E-state index contributed by atoms with van der Waals surface area (Å²) < 4.78 is 8.44. The topological polar surface area (TPSA) is 18.5 Å². The Morgan fingerprint density at radius 1 is 1.24 bits per heavy atom. The van der Waals surface area contributed by atoms with E-state index >= 15 is 0 Å². The van der Waals surface area contributed by atoms with Gasteiger partial charge in [-0.05, 0) is 45.8 Å². The van der Waals surface area contributed by atoms with Gasteiger partial charge in [0.2, 0.25) is 0 Å². The molecule has 3 rings (SSSR count). The fraction of sp³-hybridized carbons (Fsp3) is 0.118. The molecule has 3 nitrogen and oxygen atoms in total. The maximum absolute atomic E-state index is 7.11. The van der Waals surface area contributed by atoms with E-state index in [1.807, 2.05) is 36.4 Å². The molecule has 0 fully saturated rings. The summed E-state index contributed by atoms with van der Waals surface area (Å²) in [5, 5.41) is 1.06. The van der Waals surface area contributed by atoms with Gasteiger partial charge in [0.25, 0.3) is 0 Å². The molecule has 0 unspecified atom stereocenters. The van der Waals surface area contributed by atoms with E-state index in [0.29, 0.717) is 5.69 Å². The third-order valence-electron chi connectivity index (χ3n) is 3.43. The molecule has 0 saturated carbocycles. The highest BCUT2D eigenvalue weighted by atomic mass is 79.9. The molecule has 104 valence electrons. The Hall–Kier alpha value is -2.25. The molecule has 0 radical (unpaired) electrons. The van der Waals surface area contributed by atoms with Crippen molar-refractivity contribution < 1.29 is 4.74 Å². The van der Waals surface area contributed by atoms with E-state index in [9.17, 15) is 0 Å². The monoisotopic (exact) mass is 340 g/mol. The van der Waals surface area contributed by atoms with Gasteiger partial charge in [-0.3, -0.25) is 0 Å². The van der Waals surface area contributed by atoms with Crippen molar-refractivity contribution in [3.63, 3.8) is 0 Å². The number of rotatable bonds is 3. The van der Waals surface area contributed by atoms with Crippen molar-refractivity contribution in [3.05, 3.63) is 70.1 Å². The summed E-state index contributed by atoms with van der Waals surface area (Å²) in [5.41, 5.74) is 2.94. The molecule has 1 heterocycles. The first-order valence-corrected chi connectivity index (χ1v) is 7.29. The number of benzene rings is 2. The molecule has 3 aromatic rings. The molecule has 21 heavy (non-hydrogen) atoms. The summed E-state index contributed by atoms with van der Waals surface area (Å²) in [6.07, 6.45) is 2.05. The minimum atomic E-state index is 0.655. The van der Waals surface area contributed by atoms with Gasteiger partial charge in [0.1, 0.15) is 5.75 Å². The SMILES string of the molecule is [C-]#[N+]c1ccc2c(c1)c(Br)cn2Cc1cccc(OC)c1. The summed E-state index contributed by atoms with van der Waals surface area (Å²) in [6.45, 7) is 7.87. The second kappa shape index (κ2) is 5.63. The Bertz CT molecular complexity index is 846. The lowest BCUT2D eigenvalue weighted by molar-refractivity contribution is 0.414. The van der Waals surface area contributed by atoms with E-state index in [1.54, 1.807) is 7.11 Å². The molecule has 0 amide bonds. The summed E-state index contributed by atoms with van der Waals surface area (Å²) in [6, 6.07) is 13.8. The van der Waals surface area contributed by atoms with Crippen LogP contribution in [0.2, 0.25) is 0 Å². The largest absolute Gasteiger partial charge is 0.497 e. The third kappa shape index (κ3) is 2.65. The summed E-state index contributed by atoms with van der Waals surface area (Å²) in [5.74, 6) is 0.860. The lowest BCUT2D eigenvalue weighted by atomic mass is 10.2. The van der Waals surface area contributed by atoms with Crippen molar-refractivity contribution >= 4 is 32.5 Å². The van der Waals surface area contributed by atoms with E-state index in [-0.39, 0.29) is 0 Å². The zero-order valence-corrected chi connectivity index (χ0v) is 13.1. The Labute approximate surface area is 131 Å². The van der Waals surface area contributed by atoms with Gasteiger partial charge in [0.05, 0.1) is 13.7 Å². The van der Waals surface area contributed by atoms with Crippen molar-refractivity contribution in [1.82, 2.24) is 4.57 Å². The van der Waals surface area contributed by atoms with Gasteiger partial charge in [-0.1, -0.05) is 18.2 Å². The normalized spacial score (nSPS) is 10.5. The van der Waals surface area contributed by atoms with Crippen molar-refractivity contribution in [2.45, 2.75) is 6.54 Å². The second-order valence-corrected chi connectivity index (χ2v) is 5.62. The molecule has 0 aliphatic rings. The first kappa shape index (κ1) is 13.7. The third-order valence-corrected chi connectivity index (χ3v) is 4.06. The van der Waals surface area contributed by atoms with Gasteiger partial charge >= 0.3 is 0 Å². The highest BCUT2D eigenvalue weighted by Crippen LogP contribution is 2.30. The molecule has 0 saturated heterocycles. The van der Waals surface area contributed by atoms with Crippen LogP contribution in [0.4, 0.5) is 5.69 Å². The van der Waals surface area contributed by atoms with E-state index in [2.05, 4.69) is 37.6 Å². The van der Waals surface area contributed by atoms with Gasteiger partial charge in [0.15, 0.2) is 5.69 Å². The number of aromatic nitrogens is 1. The maximum Gasteiger partial charge on any atom is 0.188 e. The van der Waals surface area contributed by atoms with Gasteiger partial charge in [-0.25, -0.2) is 4.85 Å². The molecular formula is C17H13BrN2O. The average molecular weight is 341 g/mol. The zero-order valence-electron chi connectivity index (χ0n) is 11.5. The van der Waals surface area contributed by atoms with Crippen LogP contribution in [0.25, 0.3) is 15.7 Å². The highest BCUT2D eigenvalue weighted by molar-refractivity contribution is 9.10. The van der Waals surface area contributed by atoms with Crippen LogP contribution < -0.4 is 4.74 Å². The molecule has 4 heteroatoms. The average Bonchev–Trinajstić information content (AvgIpc) is 2.83. The van der Waals surface area contributed by atoms with Crippen molar-refractivity contribution in [2.24, 2.45) is 0 Å². The lowest BCUT2D eigenvalue weighted by Gasteiger charge is -2.07. The van der Waals surface area contributed by atoms with Crippen LogP contribution in [-0.4, -0.2) is 11.7 Å². The minimum absolute atomic E-state index is 0.655. The van der Waals surface area contributed by atoms with E-state index < -0.39 is 0 Å². The fourth-order valence-corrected chi connectivity index (χ4v) is 2.97. The predicted molar refractivity (Wildman–Crippen MR) is 88.0 cm³/mol. The number of hydrogen-bond donors (Lipinski definition) is 0. The molecule has 0 bridgehead atoms. The molecule has 0 spiro atoms. The van der Waals surface area contributed by atoms with E-state index in [4.69, 9.17) is 11.3 Å². The number of nitrogens with zero attached hydrogens (tertiary/aromatic N) is 2. The zero-order chi connectivity index (χ0) is 14.8. The molecule has 0 atom stereocenters. The van der Waals surface area contributed by atoms with Gasteiger partial charge < -0.3 is 9.30 Å². The first-order valence-electron chi connectivity index (χ1n) is 6.50. The van der Waals surface area contributed by atoms with E-state index in [1.165, 1.54) is 5.56 Å². The quantitative estimate of drug-likeness (QED) is 0.613. The standard InChI is InChI=1S/C17H13BrN2O/c1-19-13-6-7-17-15(9-13)16(18)11-20(17)10-12-4-3-5-14(8-12)21-2/h3-9,11H,10H2,2H3. The molecule has 0 N–H and O–H groups in total. The number of methoxy groups -OCH3 is 1. The maximum atomic E-state index is 7.11. The van der Waals surface area contributed by atoms with Crippen LogP contribution in [0.5, 0.6) is 5.75 Å². The molecule has 0 aliphatic heterocycles. The Morgan fingerprint density at radius 3 is 2.86 bits per heavy atom. The smallest absolute Gasteiger partial charge is 0.188 e. The van der Waals surface area contributed by atoms with Crippen molar-refractivity contribution in [3.8, 4) is 5.75 Å². The molecular weight excluding hydrogens is 328 g/mol. The first-order chi connectivity index (χ1) is 10.2. The van der Waals surface area contributed by atoms with Crippen LogP contribution in [0.1, 0.15) is 5.56 Å². The number of ether oxygens (including phenoxy) is 1. The molecule has 1 aromatic heterocycles. The van der Waals surface area contributed by atoms with Crippen LogP contribution in [0, 0.1) is 6.57 Å². The van der Waals surface area contributed by atoms with Gasteiger partial charge in [-0.15, -0.1) is 0 Å². The predicted octanol–water partition coefficient (Wildman–Crippen LogP) is 5.01. The van der Waals surface area contributed by atoms with Crippen molar-refractivity contribution in [1.29, 1.82) is 0 Å². The Kier molecular flexibility index (Phi) is 3.68. The number of fused-ring (bicyclic) bond motifs is 1. The summed E-state index contributed by atoms with van der Waals surface area (Å²) in [7, 11) is 1.67. The number of halogens is 1. The lowest BCUT2D eigenvalue weighted by Crippen LogP contribution is -1.98. The van der Waals surface area contributed by atoms with Gasteiger partial charge in [0, 0.05) is 28.1 Å². The van der Waals surface area contributed by atoms with E-state index in [0.717, 1.165) is 27.7 Å². The fourth-order valence-electron chi connectivity index (χ4n) is 2.41. The van der Waals surface area contributed by atoms with Gasteiger partial charge in [-0.2, -0.15) is 0 Å². The Morgan fingerprint density at radius 2 is 2.10 bits per heavy atom. The summed E-state index contributed by atoms with van der Waals surface area (Å²) in [4.78, 5) is 3.48. The van der Waals surface area contributed by atoms with Crippen LogP contribution in [-0.2, 0) is 6.54 Å². The summed E-state index contributed by atoms with van der Waals surface area (Å²) >= 11 is 3.57. The minimum Gasteiger partial charge on any atom is -0.497 e. The van der Waals surface area contributed by atoms with Crippen LogP contribution in [0.15, 0.2) is 53.1 Å². The number of hydrogen-bond acceptors (Lipinski definition) is 1. The van der Waals surface area contributed by atoms with Crippen LogP contribution in [0.3, 0.4) is 0 Å². The molecule has 0 aliphatic carbocycles. The van der Waals surface area contributed by atoms with Crippen LogP contribution >= 0.6 is 15.9 Å². The molecule has 2 aromatic carbocycles. The second-order valence-electron chi connectivity index (χ2n) is 4.77. The Balaban J connectivity index is 2.03.